The molecule has 0 saturated heterocycles. The highest BCUT2D eigenvalue weighted by atomic mass is 79.9. The van der Waals surface area contributed by atoms with Gasteiger partial charge in [-0.3, -0.25) is 4.79 Å². The summed E-state index contributed by atoms with van der Waals surface area (Å²) in [4.78, 5) is 10.6. The highest BCUT2D eigenvalue weighted by Crippen LogP contribution is 2.31. The van der Waals surface area contributed by atoms with Gasteiger partial charge in [0.25, 0.3) is 0 Å². The second-order valence-corrected chi connectivity index (χ2v) is 5.84. The van der Waals surface area contributed by atoms with Crippen molar-refractivity contribution in [2.75, 3.05) is 20.3 Å². The summed E-state index contributed by atoms with van der Waals surface area (Å²) in [7, 11) is 1.61. The molecule has 1 aromatic rings. The normalized spacial score (nSPS) is 13.7. The molecule has 2 atom stereocenters. The Morgan fingerprint density at radius 1 is 1.38 bits per heavy atom. The van der Waals surface area contributed by atoms with Crippen molar-refractivity contribution in [2.24, 2.45) is 5.92 Å². The van der Waals surface area contributed by atoms with Crippen LogP contribution in [0.1, 0.15) is 31.4 Å². The number of ether oxygens (including phenoxy) is 2. The fourth-order valence-electron chi connectivity index (χ4n) is 1.98. The van der Waals surface area contributed by atoms with Gasteiger partial charge in [0.2, 0.25) is 0 Å². The van der Waals surface area contributed by atoms with Gasteiger partial charge in [0.05, 0.1) is 17.2 Å². The molecule has 0 radical (unpaired) electrons. The van der Waals surface area contributed by atoms with Crippen molar-refractivity contribution in [3.8, 4) is 5.75 Å². The zero-order chi connectivity index (χ0) is 15.8. The highest BCUT2D eigenvalue weighted by molar-refractivity contribution is 9.10. The van der Waals surface area contributed by atoms with Crippen LogP contribution < -0.4 is 4.74 Å². The van der Waals surface area contributed by atoms with E-state index in [1.807, 2.05) is 6.92 Å². The number of methoxy groups -OCH3 is 1. The molecule has 2 N–H and O–H groups in total. The molecular formula is C15H21BrO5. The predicted octanol–water partition coefficient (Wildman–Crippen LogP) is 3.01. The molecule has 118 valence electrons. The zero-order valence-corrected chi connectivity index (χ0v) is 13.8. The van der Waals surface area contributed by atoms with E-state index in [-0.39, 0.29) is 12.3 Å². The van der Waals surface area contributed by atoms with Crippen LogP contribution in [-0.4, -0.2) is 36.5 Å². The van der Waals surface area contributed by atoms with E-state index >= 15 is 0 Å². The molecule has 0 bridgehead atoms. The Bertz CT molecular complexity index is 463. The van der Waals surface area contributed by atoms with Crippen LogP contribution in [0.2, 0.25) is 0 Å². The van der Waals surface area contributed by atoms with E-state index in [4.69, 9.17) is 14.6 Å². The van der Waals surface area contributed by atoms with E-state index in [0.29, 0.717) is 25.4 Å². The fourth-order valence-corrected chi connectivity index (χ4v) is 2.49. The Kier molecular flexibility index (Phi) is 7.71. The molecule has 2 unspecified atom stereocenters. The van der Waals surface area contributed by atoms with E-state index < -0.39 is 12.1 Å². The number of carboxylic acids is 1. The molecule has 1 aromatic carbocycles. The maximum absolute atomic E-state index is 10.6. The second kappa shape index (κ2) is 9.02. The van der Waals surface area contributed by atoms with Crippen molar-refractivity contribution in [1.82, 2.24) is 0 Å². The van der Waals surface area contributed by atoms with Gasteiger partial charge in [-0.2, -0.15) is 0 Å². The molecule has 0 spiro atoms. The molecular weight excluding hydrogens is 340 g/mol. The number of hydrogen-bond donors (Lipinski definition) is 2. The van der Waals surface area contributed by atoms with Crippen LogP contribution in [0.5, 0.6) is 5.75 Å². The maximum atomic E-state index is 10.6. The lowest BCUT2D eigenvalue weighted by atomic mass is 9.96. The summed E-state index contributed by atoms with van der Waals surface area (Å²) in [6.45, 7) is 2.77. The molecule has 0 fully saturated rings. The molecule has 0 heterocycles. The van der Waals surface area contributed by atoms with Gasteiger partial charge in [-0.05, 0) is 46.0 Å². The Morgan fingerprint density at radius 3 is 2.67 bits per heavy atom. The van der Waals surface area contributed by atoms with Gasteiger partial charge in [0, 0.05) is 13.5 Å². The van der Waals surface area contributed by atoms with E-state index in [0.717, 1.165) is 10.0 Å². The summed E-state index contributed by atoms with van der Waals surface area (Å²) < 4.78 is 11.2. The summed E-state index contributed by atoms with van der Waals surface area (Å²) in [6.07, 6.45) is -0.234. The summed E-state index contributed by atoms with van der Waals surface area (Å²) in [5.41, 5.74) is 0.734. The number of carbonyl (C=O) groups is 1. The number of carboxylic acid groups (broad SMARTS) is 1. The largest absolute Gasteiger partial charge is 0.490 e. The molecule has 6 heteroatoms. The third-order valence-corrected chi connectivity index (χ3v) is 3.65. The average Bonchev–Trinajstić information content (AvgIpc) is 2.39. The monoisotopic (exact) mass is 360 g/mol. The van der Waals surface area contributed by atoms with Crippen LogP contribution in [0.25, 0.3) is 0 Å². The summed E-state index contributed by atoms with van der Waals surface area (Å²) in [6, 6.07) is 5.35. The van der Waals surface area contributed by atoms with Crippen LogP contribution in [0.15, 0.2) is 22.7 Å². The first-order valence-corrected chi connectivity index (χ1v) is 7.54. The van der Waals surface area contributed by atoms with Crippen molar-refractivity contribution < 1.29 is 24.5 Å². The second-order valence-electron chi connectivity index (χ2n) is 4.99. The number of halogens is 1. The van der Waals surface area contributed by atoms with Gasteiger partial charge >= 0.3 is 5.97 Å². The third kappa shape index (κ3) is 6.46. The van der Waals surface area contributed by atoms with E-state index in [1.165, 1.54) is 0 Å². The lowest BCUT2D eigenvalue weighted by Gasteiger charge is -2.16. The molecule has 0 aliphatic carbocycles. The van der Waals surface area contributed by atoms with Gasteiger partial charge in [-0.15, -0.1) is 0 Å². The Labute approximate surface area is 133 Å². The number of aliphatic hydroxyl groups excluding tert-OH is 1. The summed E-state index contributed by atoms with van der Waals surface area (Å²) >= 11 is 3.40. The van der Waals surface area contributed by atoms with Crippen LogP contribution in [0, 0.1) is 5.92 Å². The SMILES string of the molecule is COCCOc1ccc(C(O)CC(C)CC(=O)O)cc1Br. The number of aliphatic carboxylic acids is 1. The predicted molar refractivity (Wildman–Crippen MR) is 82.5 cm³/mol. The Hall–Kier alpha value is -1.11. The van der Waals surface area contributed by atoms with Crippen LogP contribution in [0.3, 0.4) is 0 Å². The molecule has 0 aliphatic rings. The molecule has 21 heavy (non-hydrogen) atoms. The minimum Gasteiger partial charge on any atom is -0.490 e. The van der Waals surface area contributed by atoms with Gasteiger partial charge in [0.1, 0.15) is 12.4 Å². The molecule has 0 aliphatic heterocycles. The quantitative estimate of drug-likeness (QED) is 0.662. The number of benzene rings is 1. The van der Waals surface area contributed by atoms with Gasteiger partial charge in [0.15, 0.2) is 0 Å². The van der Waals surface area contributed by atoms with E-state index in [9.17, 15) is 9.90 Å². The van der Waals surface area contributed by atoms with Gasteiger partial charge < -0.3 is 19.7 Å². The average molecular weight is 361 g/mol. The summed E-state index contributed by atoms with van der Waals surface area (Å²) in [5, 5.41) is 18.9. The van der Waals surface area contributed by atoms with Crippen molar-refractivity contribution in [3.05, 3.63) is 28.2 Å². The van der Waals surface area contributed by atoms with Crippen LogP contribution in [-0.2, 0) is 9.53 Å². The van der Waals surface area contributed by atoms with Crippen molar-refractivity contribution >= 4 is 21.9 Å². The lowest BCUT2D eigenvalue weighted by molar-refractivity contribution is -0.138. The van der Waals surface area contributed by atoms with E-state index in [1.54, 1.807) is 25.3 Å². The summed E-state index contributed by atoms with van der Waals surface area (Å²) in [5.74, 6) is -0.256. The topological polar surface area (TPSA) is 76.0 Å². The zero-order valence-electron chi connectivity index (χ0n) is 12.2. The Morgan fingerprint density at radius 2 is 2.10 bits per heavy atom. The first kappa shape index (κ1) is 17.9. The van der Waals surface area contributed by atoms with Crippen molar-refractivity contribution in [2.45, 2.75) is 25.9 Å². The van der Waals surface area contributed by atoms with Crippen LogP contribution >= 0.6 is 15.9 Å². The molecule has 0 aromatic heterocycles. The number of rotatable bonds is 9. The van der Waals surface area contributed by atoms with E-state index in [2.05, 4.69) is 15.9 Å². The first-order chi connectivity index (χ1) is 9.93. The minimum atomic E-state index is -0.849. The highest BCUT2D eigenvalue weighted by Gasteiger charge is 2.16. The Balaban J connectivity index is 2.62. The standard InChI is InChI=1S/C15H21BrO5/c1-10(8-15(18)19)7-13(17)11-3-4-14(12(16)9-11)21-6-5-20-2/h3-4,9-10,13,17H,5-8H2,1-2H3,(H,18,19). The lowest BCUT2D eigenvalue weighted by Crippen LogP contribution is -2.09. The fraction of sp³-hybridized carbons (Fsp3) is 0.533. The van der Waals surface area contributed by atoms with Crippen LogP contribution in [0.4, 0.5) is 0 Å². The van der Waals surface area contributed by atoms with Crippen molar-refractivity contribution in [1.29, 1.82) is 0 Å². The first-order valence-electron chi connectivity index (χ1n) is 6.75. The number of aliphatic hydroxyl groups is 1. The minimum absolute atomic E-state index is 0.0520. The molecule has 5 nitrogen and oxygen atoms in total. The smallest absolute Gasteiger partial charge is 0.303 e. The maximum Gasteiger partial charge on any atom is 0.303 e. The number of hydrogen-bond acceptors (Lipinski definition) is 4. The molecule has 0 amide bonds. The molecule has 1 rings (SSSR count). The third-order valence-electron chi connectivity index (χ3n) is 3.03. The van der Waals surface area contributed by atoms with Gasteiger partial charge in [-0.1, -0.05) is 13.0 Å². The molecule has 0 saturated carbocycles. The van der Waals surface area contributed by atoms with Gasteiger partial charge in [-0.25, -0.2) is 0 Å². The van der Waals surface area contributed by atoms with Crippen molar-refractivity contribution in [3.63, 3.8) is 0 Å².